The molecule has 2 heterocycles. The zero-order chi connectivity index (χ0) is 21.3. The summed E-state index contributed by atoms with van der Waals surface area (Å²) in [5, 5.41) is 16.1. The van der Waals surface area contributed by atoms with Gasteiger partial charge in [0.25, 0.3) is 11.6 Å². The fraction of sp³-hybridized carbons (Fsp3) is 0.0476. The van der Waals surface area contributed by atoms with Crippen LogP contribution in [-0.4, -0.2) is 17.0 Å². The van der Waals surface area contributed by atoms with Gasteiger partial charge < -0.3 is 4.42 Å². The number of nitrogens with zero attached hydrogens (tertiary/aromatic N) is 2. The van der Waals surface area contributed by atoms with Crippen LogP contribution in [0.25, 0.3) is 21.4 Å². The molecule has 1 N–H and O–H groups in total. The van der Waals surface area contributed by atoms with Crippen molar-refractivity contribution in [2.75, 3.05) is 0 Å². The number of amides is 1. The van der Waals surface area contributed by atoms with Gasteiger partial charge in [-0.15, -0.1) is 11.3 Å². The van der Waals surface area contributed by atoms with Gasteiger partial charge in [-0.1, -0.05) is 17.7 Å². The van der Waals surface area contributed by atoms with Crippen molar-refractivity contribution in [1.29, 1.82) is 0 Å². The molecule has 4 rings (SSSR count). The molecule has 2 aromatic carbocycles. The first-order valence-electron chi connectivity index (χ1n) is 8.78. The van der Waals surface area contributed by atoms with Crippen LogP contribution in [0, 0.1) is 17.0 Å². The number of carbonyl (C=O) groups excluding carboxylic acids is 1. The van der Waals surface area contributed by atoms with E-state index in [4.69, 9.17) is 16.0 Å². The van der Waals surface area contributed by atoms with Gasteiger partial charge in [0.1, 0.15) is 11.5 Å². The van der Waals surface area contributed by atoms with Crippen LogP contribution in [0.5, 0.6) is 0 Å². The monoisotopic (exact) mass is 439 g/mol. The maximum Gasteiger partial charge on any atom is 0.281 e. The van der Waals surface area contributed by atoms with Crippen molar-refractivity contribution in [2.45, 2.75) is 6.92 Å². The third-order valence-corrected chi connectivity index (χ3v) is 5.73. The molecule has 0 aliphatic heterocycles. The predicted molar refractivity (Wildman–Crippen MR) is 117 cm³/mol. The molecule has 4 aromatic rings. The summed E-state index contributed by atoms with van der Waals surface area (Å²) in [6.07, 6.45) is 1.40. The first-order chi connectivity index (χ1) is 14.4. The molecule has 0 atom stereocenters. The number of thiophene rings is 1. The van der Waals surface area contributed by atoms with E-state index >= 15 is 0 Å². The summed E-state index contributed by atoms with van der Waals surface area (Å²) in [6, 6.07) is 15.2. The highest BCUT2D eigenvalue weighted by Crippen LogP contribution is 2.29. The summed E-state index contributed by atoms with van der Waals surface area (Å²) in [5.74, 6) is 0.707. The second-order valence-electron chi connectivity index (χ2n) is 6.45. The van der Waals surface area contributed by atoms with E-state index in [9.17, 15) is 14.9 Å². The summed E-state index contributed by atoms with van der Waals surface area (Å²) >= 11 is 7.29. The number of hydrazone groups is 1. The Morgan fingerprint density at radius 2 is 2.03 bits per heavy atom. The number of nitrogens with one attached hydrogen (secondary N) is 1. The van der Waals surface area contributed by atoms with E-state index in [0.29, 0.717) is 26.8 Å². The summed E-state index contributed by atoms with van der Waals surface area (Å²) < 4.78 is 6.54. The van der Waals surface area contributed by atoms with Crippen molar-refractivity contribution in [3.8, 4) is 11.3 Å². The normalized spacial score (nSPS) is 11.3. The molecule has 0 bridgehead atoms. The highest BCUT2D eigenvalue weighted by atomic mass is 35.5. The Morgan fingerprint density at radius 1 is 1.20 bits per heavy atom. The summed E-state index contributed by atoms with van der Waals surface area (Å²) in [7, 11) is 0. The van der Waals surface area contributed by atoms with Crippen LogP contribution in [0.1, 0.15) is 21.0 Å². The van der Waals surface area contributed by atoms with Crippen LogP contribution in [-0.2, 0) is 0 Å². The topological polar surface area (TPSA) is 97.7 Å². The van der Waals surface area contributed by atoms with Crippen LogP contribution in [0.2, 0.25) is 5.02 Å². The van der Waals surface area contributed by atoms with Crippen molar-refractivity contribution in [3.63, 3.8) is 0 Å². The standard InChI is InChI=1S/C21H14ClN3O4S/c1-12-2-3-14(22)10-17(12)18-6-5-16(29-18)11-23-24-21(26)20-9-13-8-15(25(27)28)4-7-19(13)30-20/h2-11H,1H3,(H,24,26). The molecule has 2 aromatic heterocycles. The zero-order valence-electron chi connectivity index (χ0n) is 15.6. The molecule has 0 radical (unpaired) electrons. The molecule has 30 heavy (non-hydrogen) atoms. The maximum atomic E-state index is 12.3. The van der Waals surface area contributed by atoms with Crippen LogP contribution < -0.4 is 5.43 Å². The third-order valence-electron chi connectivity index (χ3n) is 4.38. The van der Waals surface area contributed by atoms with Gasteiger partial charge in [0.05, 0.1) is 16.0 Å². The molecule has 1 amide bonds. The Kier molecular flexibility index (Phi) is 5.35. The molecular weight excluding hydrogens is 426 g/mol. The maximum absolute atomic E-state index is 12.3. The van der Waals surface area contributed by atoms with Crippen molar-refractivity contribution in [1.82, 2.24) is 5.43 Å². The molecule has 0 saturated heterocycles. The summed E-state index contributed by atoms with van der Waals surface area (Å²) in [5.41, 5.74) is 4.33. The third kappa shape index (κ3) is 4.10. The van der Waals surface area contributed by atoms with Gasteiger partial charge in [-0.25, -0.2) is 5.43 Å². The number of aryl methyl sites for hydroxylation is 1. The molecule has 150 valence electrons. The minimum atomic E-state index is -0.469. The van der Waals surface area contributed by atoms with Crippen molar-refractivity contribution < 1.29 is 14.1 Å². The number of fused-ring (bicyclic) bond motifs is 1. The molecule has 0 spiro atoms. The number of benzene rings is 2. The van der Waals surface area contributed by atoms with E-state index in [2.05, 4.69) is 10.5 Å². The Labute approximate surface area is 179 Å². The Morgan fingerprint density at radius 3 is 2.83 bits per heavy atom. The Bertz CT molecular complexity index is 1310. The van der Waals surface area contributed by atoms with Crippen LogP contribution in [0.4, 0.5) is 5.69 Å². The van der Waals surface area contributed by atoms with E-state index < -0.39 is 10.8 Å². The van der Waals surface area contributed by atoms with E-state index in [-0.39, 0.29) is 5.69 Å². The van der Waals surface area contributed by atoms with E-state index in [1.807, 2.05) is 25.1 Å². The van der Waals surface area contributed by atoms with Crippen LogP contribution in [0.3, 0.4) is 0 Å². The minimum absolute atomic E-state index is 0.0196. The van der Waals surface area contributed by atoms with Crippen molar-refractivity contribution in [3.05, 3.63) is 85.9 Å². The number of hydrogen-bond donors (Lipinski definition) is 1. The molecule has 0 unspecified atom stereocenters. The molecular formula is C21H14ClN3O4S. The zero-order valence-corrected chi connectivity index (χ0v) is 17.2. The lowest BCUT2D eigenvalue weighted by molar-refractivity contribution is -0.384. The smallest absolute Gasteiger partial charge is 0.281 e. The van der Waals surface area contributed by atoms with Gasteiger partial charge >= 0.3 is 0 Å². The number of nitro groups is 1. The SMILES string of the molecule is Cc1ccc(Cl)cc1-c1ccc(C=NNC(=O)c2cc3cc([N+](=O)[O-])ccc3s2)o1. The first-order valence-corrected chi connectivity index (χ1v) is 9.98. The van der Waals surface area contributed by atoms with Gasteiger partial charge in [-0.3, -0.25) is 14.9 Å². The second kappa shape index (κ2) is 8.10. The fourth-order valence-corrected chi connectivity index (χ4v) is 4.00. The highest BCUT2D eigenvalue weighted by Gasteiger charge is 2.13. The summed E-state index contributed by atoms with van der Waals surface area (Å²) in [4.78, 5) is 23.2. The second-order valence-corrected chi connectivity index (χ2v) is 7.97. The summed E-state index contributed by atoms with van der Waals surface area (Å²) in [6.45, 7) is 1.96. The fourth-order valence-electron chi connectivity index (χ4n) is 2.89. The molecule has 0 fully saturated rings. The molecule has 7 nitrogen and oxygen atoms in total. The predicted octanol–water partition coefficient (Wildman–Crippen LogP) is 5.80. The van der Waals surface area contributed by atoms with Crippen LogP contribution in [0.15, 0.2) is 64.1 Å². The number of non-ortho nitro benzene ring substituents is 1. The van der Waals surface area contributed by atoms with E-state index in [0.717, 1.165) is 15.8 Å². The van der Waals surface area contributed by atoms with Crippen molar-refractivity contribution in [2.24, 2.45) is 5.10 Å². The number of furan rings is 1. The average molecular weight is 440 g/mol. The van der Waals surface area contributed by atoms with Gasteiger partial charge in [-0.2, -0.15) is 5.10 Å². The number of nitro benzene ring substituents is 1. The van der Waals surface area contributed by atoms with E-state index in [1.54, 1.807) is 24.3 Å². The lowest BCUT2D eigenvalue weighted by atomic mass is 10.1. The molecule has 0 aliphatic rings. The van der Waals surface area contributed by atoms with Gasteiger partial charge in [0.2, 0.25) is 0 Å². The van der Waals surface area contributed by atoms with Gasteiger partial charge in [-0.05, 0) is 48.9 Å². The van der Waals surface area contributed by atoms with Crippen LogP contribution >= 0.6 is 22.9 Å². The number of rotatable bonds is 5. The largest absolute Gasteiger partial charge is 0.455 e. The van der Waals surface area contributed by atoms with Crippen molar-refractivity contribution >= 4 is 50.8 Å². The Balaban J connectivity index is 1.46. The lowest BCUT2D eigenvalue weighted by Gasteiger charge is -2.02. The minimum Gasteiger partial charge on any atom is -0.455 e. The molecule has 0 saturated carbocycles. The quantitative estimate of drug-likeness (QED) is 0.241. The Hall–Kier alpha value is -3.49. The number of halogens is 1. The molecule has 0 aliphatic carbocycles. The van der Waals surface area contributed by atoms with E-state index in [1.165, 1.54) is 29.7 Å². The average Bonchev–Trinajstić information content (AvgIpc) is 3.36. The number of carbonyl (C=O) groups is 1. The first kappa shape index (κ1) is 19.8. The van der Waals surface area contributed by atoms with Gasteiger partial charge in [0.15, 0.2) is 0 Å². The lowest BCUT2D eigenvalue weighted by Crippen LogP contribution is -2.15. The van der Waals surface area contributed by atoms with Gasteiger partial charge in [0, 0.05) is 32.8 Å². The molecule has 9 heteroatoms. The highest BCUT2D eigenvalue weighted by molar-refractivity contribution is 7.20. The number of hydrogen-bond acceptors (Lipinski definition) is 6.